The molecule has 2 unspecified atom stereocenters. The molecule has 2 atom stereocenters. The van der Waals surface area contributed by atoms with Crippen molar-refractivity contribution in [1.29, 1.82) is 0 Å². The summed E-state index contributed by atoms with van der Waals surface area (Å²) in [5.74, 6) is 0.626. The summed E-state index contributed by atoms with van der Waals surface area (Å²) in [6, 6.07) is 11.2. The first-order valence-electron chi connectivity index (χ1n) is 7.11. The van der Waals surface area contributed by atoms with Crippen LogP contribution in [0.5, 0.6) is 0 Å². The van der Waals surface area contributed by atoms with Crippen LogP contribution in [0, 0.1) is 0 Å². The molecular formula is C17H23NO. The van der Waals surface area contributed by atoms with Crippen LogP contribution in [-0.4, -0.2) is 6.54 Å². The standard InChI is InChI=1S/C17H23NO/c1-4-13(3)14-6-8-15(9-7-14)17(18-5-2)16-10-11-19-12-16/h6-13,17-18H,4-5H2,1-3H3. The van der Waals surface area contributed by atoms with Gasteiger partial charge in [-0.05, 0) is 36.1 Å². The molecule has 0 fully saturated rings. The molecule has 2 nitrogen and oxygen atoms in total. The molecule has 0 saturated heterocycles. The highest BCUT2D eigenvalue weighted by molar-refractivity contribution is 5.33. The summed E-state index contributed by atoms with van der Waals surface area (Å²) in [5, 5.41) is 3.50. The Morgan fingerprint density at radius 1 is 1.00 bits per heavy atom. The van der Waals surface area contributed by atoms with Crippen LogP contribution < -0.4 is 5.32 Å². The van der Waals surface area contributed by atoms with Crippen molar-refractivity contribution in [3.8, 4) is 0 Å². The van der Waals surface area contributed by atoms with Gasteiger partial charge in [0.05, 0.1) is 18.6 Å². The first kappa shape index (κ1) is 13.9. The molecule has 0 aliphatic rings. The van der Waals surface area contributed by atoms with E-state index in [1.54, 1.807) is 6.26 Å². The third kappa shape index (κ3) is 3.27. The van der Waals surface area contributed by atoms with E-state index in [9.17, 15) is 0 Å². The van der Waals surface area contributed by atoms with Crippen LogP contribution in [0.3, 0.4) is 0 Å². The first-order valence-corrected chi connectivity index (χ1v) is 7.11. The molecule has 1 heterocycles. The SMILES string of the molecule is CCNC(c1ccc(C(C)CC)cc1)c1ccoc1. The second-order valence-electron chi connectivity index (χ2n) is 5.02. The van der Waals surface area contributed by atoms with Crippen LogP contribution in [0.4, 0.5) is 0 Å². The average molecular weight is 257 g/mol. The maximum Gasteiger partial charge on any atom is 0.0953 e. The van der Waals surface area contributed by atoms with E-state index in [4.69, 9.17) is 4.42 Å². The minimum Gasteiger partial charge on any atom is -0.472 e. The third-order valence-corrected chi connectivity index (χ3v) is 3.74. The highest BCUT2D eigenvalue weighted by Gasteiger charge is 2.14. The predicted octanol–water partition coefficient (Wildman–Crippen LogP) is 4.49. The Morgan fingerprint density at radius 3 is 2.21 bits per heavy atom. The molecule has 2 rings (SSSR count). The van der Waals surface area contributed by atoms with Crippen molar-refractivity contribution < 1.29 is 4.42 Å². The van der Waals surface area contributed by atoms with Gasteiger partial charge in [-0.15, -0.1) is 0 Å². The van der Waals surface area contributed by atoms with Crippen LogP contribution in [0.15, 0.2) is 47.3 Å². The van der Waals surface area contributed by atoms with Gasteiger partial charge in [0.25, 0.3) is 0 Å². The predicted molar refractivity (Wildman–Crippen MR) is 79.4 cm³/mol. The summed E-state index contributed by atoms with van der Waals surface area (Å²) in [4.78, 5) is 0. The number of benzene rings is 1. The van der Waals surface area contributed by atoms with E-state index >= 15 is 0 Å². The molecule has 102 valence electrons. The van der Waals surface area contributed by atoms with E-state index in [0.717, 1.165) is 6.54 Å². The second kappa shape index (κ2) is 6.58. The molecule has 2 aromatic rings. The van der Waals surface area contributed by atoms with Crippen LogP contribution in [0.1, 0.15) is 55.8 Å². The Kier molecular flexibility index (Phi) is 4.80. The van der Waals surface area contributed by atoms with E-state index in [1.165, 1.54) is 23.1 Å². The zero-order chi connectivity index (χ0) is 13.7. The molecule has 0 spiro atoms. The van der Waals surface area contributed by atoms with Gasteiger partial charge >= 0.3 is 0 Å². The fraction of sp³-hybridized carbons (Fsp3) is 0.412. The smallest absolute Gasteiger partial charge is 0.0953 e. The summed E-state index contributed by atoms with van der Waals surface area (Å²) in [6.45, 7) is 7.56. The van der Waals surface area contributed by atoms with E-state index < -0.39 is 0 Å². The minimum absolute atomic E-state index is 0.217. The van der Waals surface area contributed by atoms with Crippen molar-refractivity contribution in [1.82, 2.24) is 5.32 Å². The van der Waals surface area contributed by atoms with Gasteiger partial charge in [-0.25, -0.2) is 0 Å². The maximum absolute atomic E-state index is 5.20. The number of furan rings is 1. The number of rotatable bonds is 6. The summed E-state index contributed by atoms with van der Waals surface area (Å²) in [5.41, 5.74) is 3.88. The Morgan fingerprint density at radius 2 is 1.68 bits per heavy atom. The quantitative estimate of drug-likeness (QED) is 0.824. The molecule has 0 amide bonds. The monoisotopic (exact) mass is 257 g/mol. The van der Waals surface area contributed by atoms with Gasteiger partial charge in [0, 0.05) is 5.56 Å². The van der Waals surface area contributed by atoms with E-state index in [2.05, 4.69) is 50.4 Å². The van der Waals surface area contributed by atoms with Crippen molar-refractivity contribution in [2.75, 3.05) is 6.54 Å². The largest absolute Gasteiger partial charge is 0.472 e. The van der Waals surface area contributed by atoms with Gasteiger partial charge in [-0.3, -0.25) is 0 Å². The highest BCUT2D eigenvalue weighted by Crippen LogP contribution is 2.25. The zero-order valence-electron chi connectivity index (χ0n) is 12.0. The van der Waals surface area contributed by atoms with Crippen molar-refractivity contribution in [2.45, 2.75) is 39.2 Å². The molecule has 2 heteroatoms. The normalized spacial score (nSPS) is 14.3. The molecule has 0 saturated carbocycles. The van der Waals surface area contributed by atoms with Crippen molar-refractivity contribution in [3.05, 3.63) is 59.5 Å². The van der Waals surface area contributed by atoms with Crippen molar-refractivity contribution in [3.63, 3.8) is 0 Å². The van der Waals surface area contributed by atoms with Crippen LogP contribution >= 0.6 is 0 Å². The lowest BCUT2D eigenvalue weighted by Crippen LogP contribution is -2.21. The molecule has 0 aliphatic heterocycles. The van der Waals surface area contributed by atoms with Crippen molar-refractivity contribution >= 4 is 0 Å². The van der Waals surface area contributed by atoms with E-state index in [-0.39, 0.29) is 6.04 Å². The molecule has 19 heavy (non-hydrogen) atoms. The molecule has 1 N–H and O–H groups in total. The van der Waals surface area contributed by atoms with Crippen LogP contribution in [-0.2, 0) is 0 Å². The maximum atomic E-state index is 5.20. The number of hydrogen-bond donors (Lipinski definition) is 1. The fourth-order valence-corrected chi connectivity index (χ4v) is 2.32. The van der Waals surface area contributed by atoms with Crippen LogP contribution in [0.2, 0.25) is 0 Å². The van der Waals surface area contributed by atoms with Gasteiger partial charge in [0.1, 0.15) is 0 Å². The molecule has 1 aromatic carbocycles. The van der Waals surface area contributed by atoms with E-state index in [0.29, 0.717) is 5.92 Å². The van der Waals surface area contributed by atoms with Gasteiger partial charge in [-0.2, -0.15) is 0 Å². The molecule has 0 bridgehead atoms. The molecule has 0 radical (unpaired) electrons. The summed E-state index contributed by atoms with van der Waals surface area (Å²) in [7, 11) is 0. The molecular weight excluding hydrogens is 234 g/mol. The van der Waals surface area contributed by atoms with Crippen molar-refractivity contribution in [2.24, 2.45) is 0 Å². The summed E-state index contributed by atoms with van der Waals surface area (Å²) < 4.78 is 5.20. The Labute approximate surface area is 115 Å². The first-order chi connectivity index (χ1) is 9.26. The zero-order valence-corrected chi connectivity index (χ0v) is 12.0. The molecule has 1 aromatic heterocycles. The average Bonchev–Trinajstić information content (AvgIpc) is 2.98. The number of hydrogen-bond acceptors (Lipinski definition) is 2. The number of nitrogens with one attached hydrogen (secondary N) is 1. The lowest BCUT2D eigenvalue weighted by atomic mass is 9.94. The lowest BCUT2D eigenvalue weighted by molar-refractivity contribution is 0.553. The lowest BCUT2D eigenvalue weighted by Gasteiger charge is -2.18. The van der Waals surface area contributed by atoms with Gasteiger partial charge < -0.3 is 9.73 Å². The summed E-state index contributed by atoms with van der Waals surface area (Å²) in [6.07, 6.45) is 4.72. The topological polar surface area (TPSA) is 25.2 Å². The Bertz CT molecular complexity index is 472. The van der Waals surface area contributed by atoms with Gasteiger partial charge in [0.15, 0.2) is 0 Å². The van der Waals surface area contributed by atoms with Crippen LogP contribution in [0.25, 0.3) is 0 Å². The second-order valence-corrected chi connectivity index (χ2v) is 5.02. The van der Waals surface area contributed by atoms with E-state index in [1.807, 2.05) is 12.3 Å². The Hall–Kier alpha value is -1.54. The fourth-order valence-electron chi connectivity index (χ4n) is 2.32. The third-order valence-electron chi connectivity index (χ3n) is 3.74. The molecule has 0 aliphatic carbocycles. The van der Waals surface area contributed by atoms with Gasteiger partial charge in [0.2, 0.25) is 0 Å². The highest BCUT2D eigenvalue weighted by atomic mass is 16.3. The summed E-state index contributed by atoms with van der Waals surface area (Å²) >= 11 is 0. The minimum atomic E-state index is 0.217. The van der Waals surface area contributed by atoms with Gasteiger partial charge in [-0.1, -0.05) is 45.0 Å². The Balaban J connectivity index is 2.23.